The van der Waals surface area contributed by atoms with Crippen LogP contribution in [0, 0.1) is 0 Å². The third-order valence-electron chi connectivity index (χ3n) is 6.08. The Bertz CT molecular complexity index is 1320. The molecule has 0 bridgehead atoms. The monoisotopic (exact) mass is 498 g/mol. The molecule has 0 aliphatic carbocycles. The highest BCUT2D eigenvalue weighted by Gasteiger charge is 2.39. The van der Waals surface area contributed by atoms with Crippen molar-refractivity contribution in [2.45, 2.75) is 13.3 Å². The summed E-state index contributed by atoms with van der Waals surface area (Å²) >= 11 is 0. The van der Waals surface area contributed by atoms with E-state index in [-0.39, 0.29) is 12.5 Å². The van der Waals surface area contributed by atoms with E-state index in [1.54, 1.807) is 31.0 Å². The molecular formula is C29H30N4O4. The van der Waals surface area contributed by atoms with Gasteiger partial charge in [-0.15, -0.1) is 0 Å². The van der Waals surface area contributed by atoms with Gasteiger partial charge >= 0.3 is 6.09 Å². The van der Waals surface area contributed by atoms with E-state index in [1.807, 2.05) is 73.8 Å². The summed E-state index contributed by atoms with van der Waals surface area (Å²) in [6.45, 7) is 2.47. The summed E-state index contributed by atoms with van der Waals surface area (Å²) in [5.41, 5.74) is 4.33. The molecule has 1 aliphatic heterocycles. The zero-order chi connectivity index (χ0) is 26.4. The fourth-order valence-electron chi connectivity index (χ4n) is 4.17. The lowest BCUT2D eigenvalue weighted by atomic mass is 10.00. The third-order valence-corrected chi connectivity index (χ3v) is 6.08. The second-order valence-corrected chi connectivity index (χ2v) is 8.45. The van der Waals surface area contributed by atoms with Crippen molar-refractivity contribution in [2.24, 2.45) is 0 Å². The van der Waals surface area contributed by atoms with Crippen LogP contribution in [0.1, 0.15) is 24.5 Å². The van der Waals surface area contributed by atoms with Gasteiger partial charge in [-0.3, -0.25) is 9.59 Å². The largest absolute Gasteiger partial charge is 0.449 e. The van der Waals surface area contributed by atoms with E-state index >= 15 is 0 Å². The van der Waals surface area contributed by atoms with Crippen LogP contribution in [0.3, 0.4) is 0 Å². The number of amides is 3. The molecule has 0 aromatic heterocycles. The van der Waals surface area contributed by atoms with Crippen molar-refractivity contribution in [2.75, 3.05) is 42.4 Å². The van der Waals surface area contributed by atoms with E-state index in [2.05, 4.69) is 10.6 Å². The summed E-state index contributed by atoms with van der Waals surface area (Å²) < 4.78 is 5.17. The van der Waals surface area contributed by atoms with Gasteiger partial charge in [-0.1, -0.05) is 48.5 Å². The van der Waals surface area contributed by atoms with E-state index in [0.717, 1.165) is 21.8 Å². The molecule has 8 nitrogen and oxygen atoms in total. The fourth-order valence-corrected chi connectivity index (χ4v) is 4.17. The Balaban J connectivity index is 1.74. The van der Waals surface area contributed by atoms with Crippen LogP contribution in [-0.4, -0.2) is 45.2 Å². The molecule has 1 aliphatic rings. The fraction of sp³-hybridized carbons (Fsp3) is 0.207. The Morgan fingerprint density at radius 3 is 2.30 bits per heavy atom. The van der Waals surface area contributed by atoms with Crippen molar-refractivity contribution in [3.63, 3.8) is 0 Å². The van der Waals surface area contributed by atoms with Gasteiger partial charge in [0.05, 0.1) is 23.6 Å². The lowest BCUT2D eigenvalue weighted by molar-refractivity contribution is -0.118. The molecule has 1 heterocycles. The van der Waals surface area contributed by atoms with Crippen molar-refractivity contribution < 1.29 is 19.1 Å². The maximum atomic E-state index is 13.7. The van der Waals surface area contributed by atoms with Crippen LogP contribution in [0.15, 0.2) is 78.9 Å². The first-order valence-electron chi connectivity index (χ1n) is 12.1. The minimum atomic E-state index is -0.710. The molecule has 0 radical (unpaired) electrons. The summed E-state index contributed by atoms with van der Waals surface area (Å²) in [6, 6.07) is 24.1. The number of anilines is 3. The average molecular weight is 499 g/mol. The molecule has 0 saturated carbocycles. The Labute approximate surface area is 216 Å². The molecule has 37 heavy (non-hydrogen) atoms. The number of nitrogens with one attached hydrogen (secondary N) is 2. The Morgan fingerprint density at radius 1 is 0.946 bits per heavy atom. The van der Waals surface area contributed by atoms with E-state index < -0.39 is 12.0 Å². The highest BCUT2D eigenvalue weighted by atomic mass is 16.6. The first-order valence-corrected chi connectivity index (χ1v) is 12.1. The zero-order valence-corrected chi connectivity index (χ0v) is 21.2. The SMILES string of the molecule is CCOC(=O)N1C(=O)/C(=C(\Nc2ccc(N(C)C(=O)CCNC)cc2)c2ccccc2)c2ccccc21. The smallest absolute Gasteiger partial charge is 0.421 e. The lowest BCUT2D eigenvalue weighted by Gasteiger charge is -2.19. The normalized spacial score (nSPS) is 13.7. The van der Waals surface area contributed by atoms with E-state index in [9.17, 15) is 14.4 Å². The molecule has 3 amide bonds. The molecule has 3 aromatic rings. The van der Waals surface area contributed by atoms with Crippen LogP contribution in [-0.2, 0) is 14.3 Å². The number of carbonyl (C=O) groups excluding carboxylic acids is 3. The van der Waals surface area contributed by atoms with Gasteiger partial charge in [0.15, 0.2) is 0 Å². The number of imide groups is 1. The summed E-state index contributed by atoms with van der Waals surface area (Å²) in [7, 11) is 3.56. The van der Waals surface area contributed by atoms with Gasteiger partial charge in [-0.05, 0) is 49.9 Å². The minimum absolute atomic E-state index is 0.00867. The summed E-state index contributed by atoms with van der Waals surface area (Å²) in [4.78, 5) is 41.5. The Kier molecular flexibility index (Phi) is 8.00. The molecule has 2 N–H and O–H groups in total. The molecule has 0 saturated heterocycles. The predicted molar refractivity (Wildman–Crippen MR) is 146 cm³/mol. The Morgan fingerprint density at radius 2 is 1.62 bits per heavy atom. The molecule has 3 aromatic carbocycles. The molecule has 0 spiro atoms. The van der Waals surface area contributed by atoms with Crippen LogP contribution in [0.5, 0.6) is 0 Å². The van der Waals surface area contributed by atoms with Crippen LogP contribution < -0.4 is 20.4 Å². The topological polar surface area (TPSA) is 91.0 Å². The van der Waals surface area contributed by atoms with Crippen LogP contribution in [0.2, 0.25) is 0 Å². The molecule has 190 valence electrons. The standard InChI is InChI=1S/C29H30N4O4/c1-4-37-29(36)33-24-13-9-8-12-23(24)26(28(33)35)27(20-10-6-5-7-11-20)31-21-14-16-22(17-15-21)32(3)25(34)18-19-30-2/h5-17,30-31H,4,18-19H2,1-3H3/b27-26-. The number of hydrogen-bond acceptors (Lipinski definition) is 6. The first-order chi connectivity index (χ1) is 18.0. The van der Waals surface area contributed by atoms with Gasteiger partial charge in [0.1, 0.15) is 0 Å². The number of fused-ring (bicyclic) bond motifs is 1. The van der Waals surface area contributed by atoms with Crippen molar-refractivity contribution >= 4 is 46.2 Å². The third kappa shape index (κ3) is 5.39. The van der Waals surface area contributed by atoms with Crippen molar-refractivity contribution in [1.82, 2.24) is 5.32 Å². The number of para-hydroxylation sites is 1. The van der Waals surface area contributed by atoms with E-state index in [0.29, 0.717) is 35.5 Å². The van der Waals surface area contributed by atoms with Gasteiger partial charge in [0, 0.05) is 37.0 Å². The maximum Gasteiger partial charge on any atom is 0.421 e. The van der Waals surface area contributed by atoms with E-state index in [1.165, 1.54) is 0 Å². The average Bonchev–Trinajstić information content (AvgIpc) is 3.22. The van der Waals surface area contributed by atoms with Gasteiger partial charge in [0.25, 0.3) is 5.91 Å². The molecule has 0 fully saturated rings. The summed E-state index contributed by atoms with van der Waals surface area (Å²) in [6.07, 6.45) is -0.312. The Hall–Kier alpha value is -4.43. The van der Waals surface area contributed by atoms with Crippen molar-refractivity contribution in [3.8, 4) is 0 Å². The second kappa shape index (κ2) is 11.5. The number of hydrogen-bond donors (Lipinski definition) is 2. The van der Waals surface area contributed by atoms with Crippen LogP contribution in [0.4, 0.5) is 21.9 Å². The molecule has 4 rings (SSSR count). The van der Waals surface area contributed by atoms with Gasteiger partial charge in [-0.25, -0.2) is 9.69 Å². The quantitative estimate of drug-likeness (QED) is 0.436. The molecule has 0 unspecified atom stereocenters. The van der Waals surface area contributed by atoms with Crippen LogP contribution >= 0.6 is 0 Å². The van der Waals surface area contributed by atoms with E-state index in [4.69, 9.17) is 4.74 Å². The zero-order valence-electron chi connectivity index (χ0n) is 21.2. The van der Waals surface area contributed by atoms with Gasteiger partial charge in [-0.2, -0.15) is 0 Å². The predicted octanol–water partition coefficient (Wildman–Crippen LogP) is 4.74. The highest BCUT2D eigenvalue weighted by Crippen LogP contribution is 2.41. The van der Waals surface area contributed by atoms with Gasteiger partial charge in [0.2, 0.25) is 5.91 Å². The number of ether oxygens (including phenoxy) is 1. The van der Waals surface area contributed by atoms with Gasteiger partial charge < -0.3 is 20.3 Å². The molecule has 0 atom stereocenters. The minimum Gasteiger partial charge on any atom is -0.449 e. The number of carbonyl (C=O) groups is 3. The van der Waals surface area contributed by atoms with Crippen molar-refractivity contribution in [3.05, 3.63) is 90.0 Å². The number of nitrogens with zero attached hydrogens (tertiary/aromatic N) is 2. The molecule has 8 heteroatoms. The molecular weight excluding hydrogens is 468 g/mol. The maximum absolute atomic E-state index is 13.7. The number of rotatable bonds is 8. The second-order valence-electron chi connectivity index (χ2n) is 8.45. The first kappa shape index (κ1) is 25.7. The summed E-state index contributed by atoms with van der Waals surface area (Å²) in [5.74, 6) is -0.452. The highest BCUT2D eigenvalue weighted by molar-refractivity contribution is 6.43. The number of benzene rings is 3. The lowest BCUT2D eigenvalue weighted by Crippen LogP contribution is -2.34. The van der Waals surface area contributed by atoms with Crippen LogP contribution in [0.25, 0.3) is 11.3 Å². The summed E-state index contributed by atoms with van der Waals surface area (Å²) in [5, 5.41) is 6.38. The van der Waals surface area contributed by atoms with Crippen molar-refractivity contribution in [1.29, 1.82) is 0 Å².